The standard InChI is InChI=1S/C29H56N2O2/c1-3-5-7-9-11-13-15-17-19-24-28(32)30-26-22-21-23-27(26)31-29(33)25-20-18-16-14-12-10-8-6-4-2/h26-27H,3-25H2,1-2H3,(H,30,32)(H,31,33)/t26-,27-/m1/s1. The maximum absolute atomic E-state index is 12.4. The average molecular weight is 465 g/mol. The predicted molar refractivity (Wildman–Crippen MR) is 141 cm³/mol. The molecule has 0 heterocycles. The molecule has 0 radical (unpaired) electrons. The fourth-order valence-corrected chi connectivity index (χ4v) is 5.06. The summed E-state index contributed by atoms with van der Waals surface area (Å²) in [5.74, 6) is 0.339. The Morgan fingerprint density at radius 2 is 0.818 bits per heavy atom. The third-order valence-electron chi connectivity index (χ3n) is 7.22. The lowest BCUT2D eigenvalue weighted by molar-refractivity contribution is -0.124. The van der Waals surface area contributed by atoms with E-state index in [1.54, 1.807) is 0 Å². The molecule has 1 fully saturated rings. The van der Waals surface area contributed by atoms with E-state index in [0.29, 0.717) is 12.8 Å². The van der Waals surface area contributed by atoms with Gasteiger partial charge >= 0.3 is 0 Å². The Labute approximate surface area is 205 Å². The van der Waals surface area contributed by atoms with E-state index in [9.17, 15) is 9.59 Å². The number of rotatable bonds is 22. The van der Waals surface area contributed by atoms with Crippen LogP contribution in [0.1, 0.15) is 162 Å². The second-order valence-electron chi connectivity index (χ2n) is 10.4. The van der Waals surface area contributed by atoms with Crippen molar-refractivity contribution in [2.45, 2.75) is 174 Å². The first-order valence-corrected chi connectivity index (χ1v) is 14.8. The maximum atomic E-state index is 12.4. The van der Waals surface area contributed by atoms with E-state index in [1.165, 1.54) is 89.9 Å². The normalized spacial score (nSPS) is 17.9. The number of carbonyl (C=O) groups excluding carboxylic acids is 2. The van der Waals surface area contributed by atoms with Gasteiger partial charge in [-0.1, -0.05) is 117 Å². The molecule has 2 N–H and O–H groups in total. The van der Waals surface area contributed by atoms with Gasteiger partial charge in [0.15, 0.2) is 0 Å². The molecule has 4 heteroatoms. The molecule has 194 valence electrons. The smallest absolute Gasteiger partial charge is 0.220 e. The summed E-state index contributed by atoms with van der Waals surface area (Å²) in [5, 5.41) is 6.42. The summed E-state index contributed by atoms with van der Waals surface area (Å²) < 4.78 is 0. The Kier molecular flexibility index (Phi) is 19.5. The first-order valence-electron chi connectivity index (χ1n) is 14.8. The van der Waals surface area contributed by atoms with E-state index >= 15 is 0 Å². The minimum absolute atomic E-state index is 0.128. The number of unbranched alkanes of at least 4 members (excludes halogenated alkanes) is 16. The Morgan fingerprint density at radius 3 is 1.15 bits per heavy atom. The summed E-state index contributed by atoms with van der Waals surface area (Å²) in [6.45, 7) is 4.51. The van der Waals surface area contributed by atoms with Gasteiger partial charge in [-0.25, -0.2) is 0 Å². The van der Waals surface area contributed by atoms with Gasteiger partial charge in [0.1, 0.15) is 0 Å². The highest BCUT2D eigenvalue weighted by molar-refractivity contribution is 5.78. The highest BCUT2D eigenvalue weighted by Crippen LogP contribution is 2.20. The molecule has 0 spiro atoms. The second kappa shape index (κ2) is 21.5. The molecule has 1 rings (SSSR count). The van der Waals surface area contributed by atoms with Gasteiger partial charge in [-0.3, -0.25) is 9.59 Å². The molecule has 0 aromatic heterocycles. The van der Waals surface area contributed by atoms with Gasteiger partial charge in [0.2, 0.25) is 11.8 Å². The third kappa shape index (κ3) is 17.1. The molecule has 0 unspecified atom stereocenters. The highest BCUT2D eigenvalue weighted by atomic mass is 16.2. The Hall–Kier alpha value is -1.06. The lowest BCUT2D eigenvalue weighted by Crippen LogP contribution is -2.48. The van der Waals surface area contributed by atoms with E-state index in [0.717, 1.165) is 44.9 Å². The van der Waals surface area contributed by atoms with Crippen LogP contribution in [0, 0.1) is 0 Å². The molecule has 1 aliphatic rings. The van der Waals surface area contributed by atoms with Crippen LogP contribution in [-0.2, 0) is 9.59 Å². The van der Waals surface area contributed by atoms with E-state index < -0.39 is 0 Å². The molecular weight excluding hydrogens is 408 g/mol. The van der Waals surface area contributed by atoms with Gasteiger partial charge < -0.3 is 10.6 Å². The molecule has 0 saturated heterocycles. The van der Waals surface area contributed by atoms with Crippen LogP contribution in [0.15, 0.2) is 0 Å². The first kappa shape index (κ1) is 30.0. The average Bonchev–Trinajstić information content (AvgIpc) is 3.23. The van der Waals surface area contributed by atoms with Crippen molar-refractivity contribution in [3.63, 3.8) is 0 Å². The molecule has 0 bridgehead atoms. The largest absolute Gasteiger partial charge is 0.351 e. The fourth-order valence-electron chi connectivity index (χ4n) is 5.06. The molecule has 0 aliphatic heterocycles. The number of hydrogen-bond donors (Lipinski definition) is 2. The monoisotopic (exact) mass is 464 g/mol. The molecule has 1 aliphatic carbocycles. The van der Waals surface area contributed by atoms with Gasteiger partial charge in [0.25, 0.3) is 0 Å². The van der Waals surface area contributed by atoms with Crippen LogP contribution in [0.3, 0.4) is 0 Å². The Bertz CT molecular complexity index is 438. The zero-order valence-corrected chi connectivity index (χ0v) is 22.2. The maximum Gasteiger partial charge on any atom is 0.220 e. The van der Waals surface area contributed by atoms with Crippen molar-refractivity contribution in [3.8, 4) is 0 Å². The summed E-state index contributed by atoms with van der Waals surface area (Å²) in [6, 6.07) is 0.256. The SMILES string of the molecule is CCCCCCCCCCCC(=O)N[C@@H]1CCC[C@H]1NC(=O)CCCCCCCCCCC. The molecule has 2 atom stereocenters. The van der Waals surface area contributed by atoms with Crippen LogP contribution in [-0.4, -0.2) is 23.9 Å². The van der Waals surface area contributed by atoms with Gasteiger partial charge in [0.05, 0.1) is 0 Å². The van der Waals surface area contributed by atoms with Crippen LogP contribution in [0.4, 0.5) is 0 Å². The fraction of sp³-hybridized carbons (Fsp3) is 0.931. The van der Waals surface area contributed by atoms with Crippen LogP contribution < -0.4 is 10.6 Å². The molecule has 0 aromatic carbocycles. The van der Waals surface area contributed by atoms with Gasteiger partial charge in [-0.05, 0) is 32.1 Å². The summed E-state index contributed by atoms with van der Waals surface area (Å²) in [5.41, 5.74) is 0. The third-order valence-corrected chi connectivity index (χ3v) is 7.22. The zero-order valence-electron chi connectivity index (χ0n) is 22.2. The predicted octanol–water partition coefficient (Wildman–Crippen LogP) is 7.98. The topological polar surface area (TPSA) is 58.2 Å². The van der Waals surface area contributed by atoms with Gasteiger partial charge in [-0.2, -0.15) is 0 Å². The Balaban J connectivity index is 2.03. The van der Waals surface area contributed by atoms with E-state index in [-0.39, 0.29) is 23.9 Å². The van der Waals surface area contributed by atoms with Crippen molar-refractivity contribution in [1.82, 2.24) is 10.6 Å². The molecule has 0 aromatic rings. The molecular formula is C29H56N2O2. The van der Waals surface area contributed by atoms with Crippen molar-refractivity contribution < 1.29 is 9.59 Å². The molecule has 4 nitrogen and oxygen atoms in total. The number of hydrogen-bond acceptors (Lipinski definition) is 2. The number of carbonyl (C=O) groups is 2. The van der Waals surface area contributed by atoms with Gasteiger partial charge in [0, 0.05) is 24.9 Å². The number of nitrogens with one attached hydrogen (secondary N) is 2. The van der Waals surface area contributed by atoms with E-state index in [1.807, 2.05) is 0 Å². The molecule has 1 saturated carbocycles. The lowest BCUT2D eigenvalue weighted by atomic mass is 10.1. The van der Waals surface area contributed by atoms with Gasteiger partial charge in [-0.15, -0.1) is 0 Å². The summed E-state index contributed by atoms with van der Waals surface area (Å²) >= 11 is 0. The van der Waals surface area contributed by atoms with Crippen LogP contribution in [0.5, 0.6) is 0 Å². The summed E-state index contributed by atoms with van der Waals surface area (Å²) in [6.07, 6.45) is 27.2. The molecule has 2 amide bonds. The van der Waals surface area contributed by atoms with Crippen LogP contribution in [0.2, 0.25) is 0 Å². The van der Waals surface area contributed by atoms with E-state index in [4.69, 9.17) is 0 Å². The first-order chi connectivity index (χ1) is 16.2. The van der Waals surface area contributed by atoms with Crippen molar-refractivity contribution in [3.05, 3.63) is 0 Å². The quantitative estimate of drug-likeness (QED) is 0.160. The minimum atomic E-state index is 0.128. The summed E-state index contributed by atoms with van der Waals surface area (Å²) in [4.78, 5) is 24.7. The van der Waals surface area contributed by atoms with Crippen molar-refractivity contribution in [2.75, 3.05) is 0 Å². The molecule has 33 heavy (non-hydrogen) atoms. The number of amides is 2. The van der Waals surface area contributed by atoms with Crippen molar-refractivity contribution in [1.29, 1.82) is 0 Å². The van der Waals surface area contributed by atoms with Crippen LogP contribution >= 0.6 is 0 Å². The van der Waals surface area contributed by atoms with Crippen molar-refractivity contribution in [2.24, 2.45) is 0 Å². The second-order valence-corrected chi connectivity index (χ2v) is 10.4. The van der Waals surface area contributed by atoms with Crippen LogP contribution in [0.25, 0.3) is 0 Å². The minimum Gasteiger partial charge on any atom is -0.351 e. The van der Waals surface area contributed by atoms with E-state index in [2.05, 4.69) is 24.5 Å². The lowest BCUT2D eigenvalue weighted by Gasteiger charge is -2.22. The highest BCUT2D eigenvalue weighted by Gasteiger charge is 2.29. The zero-order chi connectivity index (χ0) is 24.0. The summed E-state index contributed by atoms with van der Waals surface area (Å²) in [7, 11) is 0. The Morgan fingerprint density at radius 1 is 0.515 bits per heavy atom. The van der Waals surface area contributed by atoms with Crippen molar-refractivity contribution >= 4 is 11.8 Å².